The Hall–Kier alpha value is -4.97. The molecule has 2 heterocycles. The van der Waals surface area contributed by atoms with Gasteiger partial charge in [0.05, 0.1) is 22.5 Å². The van der Waals surface area contributed by atoms with E-state index in [9.17, 15) is 19.2 Å². The van der Waals surface area contributed by atoms with Gasteiger partial charge in [-0.2, -0.15) is 9.78 Å². The molecule has 4 amide bonds. The molecule has 11 nitrogen and oxygen atoms in total. The number of nitrogens with zero attached hydrogens (tertiary/aromatic N) is 4. The summed E-state index contributed by atoms with van der Waals surface area (Å²) in [6.45, 7) is 7.59. The third-order valence-corrected chi connectivity index (χ3v) is 9.82. The molecule has 4 aromatic rings. The van der Waals surface area contributed by atoms with E-state index in [1.54, 1.807) is 33.3 Å². The number of amides is 4. The van der Waals surface area contributed by atoms with Crippen LogP contribution < -0.4 is 16.0 Å². The lowest BCUT2D eigenvalue weighted by molar-refractivity contribution is -0.127. The van der Waals surface area contributed by atoms with E-state index in [-0.39, 0.29) is 35.2 Å². The number of nitrogens with one attached hydrogen (secondary N) is 3. The zero-order chi connectivity index (χ0) is 36.0. The fourth-order valence-electron chi connectivity index (χ4n) is 5.88. The maximum absolute atomic E-state index is 14.1. The Balaban J connectivity index is 1.36. The molecule has 50 heavy (non-hydrogen) atoms. The number of pyridine rings is 1. The number of carbonyl (C=O) groups excluding carboxylic acids is 4. The van der Waals surface area contributed by atoms with Gasteiger partial charge in [-0.3, -0.25) is 19.4 Å². The van der Waals surface area contributed by atoms with Crippen LogP contribution in [0.15, 0.2) is 76.7 Å². The molecule has 0 aliphatic heterocycles. The van der Waals surface area contributed by atoms with Gasteiger partial charge in [0.1, 0.15) is 6.04 Å². The number of benzene rings is 2. The summed E-state index contributed by atoms with van der Waals surface area (Å²) in [7, 11) is 3.19. The topological polar surface area (TPSA) is 138 Å². The maximum atomic E-state index is 14.1. The summed E-state index contributed by atoms with van der Waals surface area (Å²) in [5, 5.41) is 14.3. The van der Waals surface area contributed by atoms with Gasteiger partial charge in [0, 0.05) is 53.0 Å². The summed E-state index contributed by atoms with van der Waals surface area (Å²) >= 11 is 1.41. The normalized spacial score (nSPS) is 16.9. The highest BCUT2D eigenvalue weighted by Crippen LogP contribution is 2.34. The number of rotatable bonds is 9. The van der Waals surface area contributed by atoms with Crippen molar-refractivity contribution in [1.29, 1.82) is 0 Å². The molecule has 1 fully saturated rings. The zero-order valence-electron chi connectivity index (χ0n) is 29.4. The molecule has 1 saturated carbocycles. The molecule has 262 valence electrons. The van der Waals surface area contributed by atoms with Gasteiger partial charge in [0.2, 0.25) is 11.8 Å². The summed E-state index contributed by atoms with van der Waals surface area (Å²) in [5.41, 5.74) is 2.13. The van der Waals surface area contributed by atoms with Gasteiger partial charge in [0.15, 0.2) is 0 Å². The Morgan fingerprint density at radius 3 is 2.38 bits per heavy atom. The van der Waals surface area contributed by atoms with Crippen molar-refractivity contribution in [1.82, 2.24) is 35.6 Å². The van der Waals surface area contributed by atoms with Crippen molar-refractivity contribution in [2.45, 2.75) is 80.8 Å². The highest BCUT2D eigenvalue weighted by atomic mass is 32.2. The summed E-state index contributed by atoms with van der Waals surface area (Å²) in [6, 6.07) is 17.3. The Morgan fingerprint density at radius 2 is 1.70 bits per heavy atom. The molecule has 2 aromatic heterocycles. The standard InChI is InChI=1S/C38H45N7O4S/c1-24(34(46)41-27-16-14-25(15-17-27)35(47)42-38(2,3)4)44(6)37(49)45-32-23-28(50-33-13-8-7-12-30(33)36(48)39-5)19-20-29(32)31(43-45)21-18-26-11-9-10-22-40-26/h7-13,18-25,27H,14-17H2,1-6H3,(H,39,48)(H,41,46)(H,42,47)/b21-18+/t24-,25?,27?/m0/s1. The number of hydrogen-bond acceptors (Lipinski definition) is 7. The summed E-state index contributed by atoms with van der Waals surface area (Å²) < 4.78 is 1.32. The largest absolute Gasteiger partial charge is 0.355 e. The van der Waals surface area contributed by atoms with Crippen LogP contribution in [0, 0.1) is 5.92 Å². The minimum atomic E-state index is -0.784. The smallest absolute Gasteiger partial charge is 0.345 e. The molecule has 1 aliphatic rings. The van der Waals surface area contributed by atoms with Crippen molar-refractivity contribution in [3.63, 3.8) is 0 Å². The van der Waals surface area contributed by atoms with E-state index >= 15 is 0 Å². The van der Waals surface area contributed by atoms with Crippen molar-refractivity contribution in [3.8, 4) is 0 Å². The van der Waals surface area contributed by atoms with E-state index in [2.05, 4.69) is 20.9 Å². The van der Waals surface area contributed by atoms with E-state index in [0.29, 0.717) is 42.5 Å². The number of hydrogen-bond donors (Lipinski definition) is 3. The van der Waals surface area contributed by atoms with E-state index < -0.39 is 12.1 Å². The van der Waals surface area contributed by atoms with Crippen LogP contribution in [0.1, 0.15) is 75.1 Å². The lowest BCUT2D eigenvalue weighted by Crippen LogP contribution is -2.51. The molecule has 0 unspecified atom stereocenters. The monoisotopic (exact) mass is 695 g/mol. The van der Waals surface area contributed by atoms with Crippen LogP contribution in [0.2, 0.25) is 0 Å². The summed E-state index contributed by atoms with van der Waals surface area (Å²) in [4.78, 5) is 60.0. The van der Waals surface area contributed by atoms with Crippen molar-refractivity contribution in [2.75, 3.05) is 14.1 Å². The molecule has 2 aromatic carbocycles. The Bertz CT molecular complexity index is 1890. The summed E-state index contributed by atoms with van der Waals surface area (Å²) in [5.74, 6) is -0.473. The predicted octanol–water partition coefficient (Wildman–Crippen LogP) is 5.99. The molecule has 0 bridgehead atoms. The SMILES string of the molecule is CNC(=O)c1ccccc1Sc1ccc2c(/C=C/c3ccccn3)nn(C(=O)N(C)[C@@H](C)C(=O)NC3CCC(C(=O)NC(C)(C)C)CC3)c2c1. The van der Waals surface area contributed by atoms with Gasteiger partial charge in [-0.25, -0.2) is 4.79 Å². The van der Waals surface area contributed by atoms with E-state index in [4.69, 9.17) is 5.10 Å². The maximum Gasteiger partial charge on any atom is 0.345 e. The molecule has 0 saturated heterocycles. The van der Waals surface area contributed by atoms with Gasteiger partial charge >= 0.3 is 6.03 Å². The van der Waals surface area contributed by atoms with Gasteiger partial charge in [-0.1, -0.05) is 30.0 Å². The highest BCUT2D eigenvalue weighted by Gasteiger charge is 2.32. The molecular weight excluding hydrogens is 651 g/mol. The van der Waals surface area contributed by atoms with Gasteiger partial charge in [-0.05, 0) is 108 Å². The second kappa shape index (κ2) is 15.7. The molecule has 0 spiro atoms. The lowest BCUT2D eigenvalue weighted by Gasteiger charge is -2.32. The van der Waals surface area contributed by atoms with Gasteiger partial charge in [-0.15, -0.1) is 0 Å². The molecule has 3 N–H and O–H groups in total. The molecule has 5 rings (SSSR count). The van der Waals surface area contributed by atoms with Crippen LogP contribution >= 0.6 is 11.8 Å². The highest BCUT2D eigenvalue weighted by molar-refractivity contribution is 7.99. The molecule has 1 aliphatic carbocycles. The van der Waals surface area contributed by atoms with Crippen LogP contribution in [0.4, 0.5) is 4.79 Å². The van der Waals surface area contributed by atoms with Crippen LogP contribution in [-0.2, 0) is 9.59 Å². The fourth-order valence-corrected chi connectivity index (χ4v) is 6.86. The van der Waals surface area contributed by atoms with E-state index in [1.165, 1.54) is 21.3 Å². The quantitative estimate of drug-likeness (QED) is 0.196. The first-order valence-electron chi connectivity index (χ1n) is 16.8. The zero-order valence-corrected chi connectivity index (χ0v) is 30.2. The average Bonchev–Trinajstić information content (AvgIpc) is 3.47. The first-order valence-corrected chi connectivity index (χ1v) is 17.7. The second-order valence-corrected chi connectivity index (χ2v) is 14.7. The van der Waals surface area contributed by atoms with E-state index in [0.717, 1.165) is 20.9 Å². The van der Waals surface area contributed by atoms with Crippen LogP contribution in [-0.4, -0.2) is 75.1 Å². The van der Waals surface area contributed by atoms with Crippen molar-refractivity contribution in [2.24, 2.45) is 5.92 Å². The van der Waals surface area contributed by atoms with E-state index in [1.807, 2.05) is 87.5 Å². The lowest BCUT2D eigenvalue weighted by atomic mass is 9.85. The molecule has 0 radical (unpaired) electrons. The number of aromatic nitrogens is 3. The Morgan fingerprint density at radius 1 is 0.980 bits per heavy atom. The van der Waals surface area contributed by atoms with Crippen LogP contribution in [0.25, 0.3) is 23.1 Å². The van der Waals surface area contributed by atoms with Gasteiger partial charge in [0.25, 0.3) is 5.91 Å². The van der Waals surface area contributed by atoms with Crippen molar-refractivity contribution >= 4 is 58.6 Å². The number of likely N-dealkylation sites (N-methyl/N-ethyl adjacent to an activating group) is 1. The Kier molecular flexibility index (Phi) is 11.4. The predicted molar refractivity (Wildman–Crippen MR) is 197 cm³/mol. The summed E-state index contributed by atoms with van der Waals surface area (Å²) in [6.07, 6.45) is 8.12. The molecule has 12 heteroatoms. The molecule has 1 atom stereocenters. The van der Waals surface area contributed by atoms with Crippen LogP contribution in [0.5, 0.6) is 0 Å². The minimum absolute atomic E-state index is 0.0545. The Labute approximate surface area is 297 Å². The van der Waals surface area contributed by atoms with Crippen LogP contribution in [0.3, 0.4) is 0 Å². The first-order chi connectivity index (χ1) is 23.8. The second-order valence-electron chi connectivity index (χ2n) is 13.6. The molecular formula is C38H45N7O4S. The van der Waals surface area contributed by atoms with Crippen molar-refractivity contribution in [3.05, 3.63) is 83.8 Å². The first kappa shape index (κ1) is 36.3. The fraction of sp³-hybridized carbons (Fsp3) is 0.368. The minimum Gasteiger partial charge on any atom is -0.355 e. The average molecular weight is 696 g/mol. The van der Waals surface area contributed by atoms with Gasteiger partial charge < -0.3 is 20.9 Å². The third kappa shape index (κ3) is 8.78. The number of carbonyl (C=O) groups is 4. The van der Waals surface area contributed by atoms with Crippen molar-refractivity contribution < 1.29 is 19.2 Å². The number of fused-ring (bicyclic) bond motifs is 1. The third-order valence-electron chi connectivity index (χ3n) is 8.75.